The summed E-state index contributed by atoms with van der Waals surface area (Å²) in [6.07, 6.45) is 5.02. The van der Waals surface area contributed by atoms with Crippen LogP contribution in [0.25, 0.3) is 11.5 Å². The van der Waals surface area contributed by atoms with E-state index >= 15 is 0 Å². The second-order valence-corrected chi connectivity index (χ2v) is 4.30. The van der Waals surface area contributed by atoms with E-state index in [1.165, 1.54) is 0 Å². The first-order valence-electron chi connectivity index (χ1n) is 5.70. The third-order valence-electron chi connectivity index (χ3n) is 2.46. The van der Waals surface area contributed by atoms with Crippen molar-refractivity contribution in [3.8, 4) is 11.5 Å². The summed E-state index contributed by atoms with van der Waals surface area (Å²) < 4.78 is 1.68. The van der Waals surface area contributed by atoms with Gasteiger partial charge in [0.25, 0.3) is 0 Å². The van der Waals surface area contributed by atoms with Crippen LogP contribution in [0.5, 0.6) is 0 Å². The van der Waals surface area contributed by atoms with E-state index < -0.39 is 5.91 Å². The van der Waals surface area contributed by atoms with Gasteiger partial charge in [0, 0.05) is 24.5 Å². The van der Waals surface area contributed by atoms with Gasteiger partial charge in [0.05, 0.1) is 0 Å². The van der Waals surface area contributed by atoms with Gasteiger partial charge in [-0.15, -0.1) is 0 Å². The highest BCUT2D eigenvalue weighted by atomic mass is 16.1. The number of primary amides is 1. The number of carbonyl (C=O) groups excluding carboxylic acids is 1. The van der Waals surface area contributed by atoms with Crippen molar-refractivity contribution in [2.45, 2.75) is 26.3 Å². The Morgan fingerprint density at radius 2 is 2.17 bits per heavy atom. The van der Waals surface area contributed by atoms with Gasteiger partial charge >= 0.3 is 0 Å². The fourth-order valence-corrected chi connectivity index (χ4v) is 1.61. The number of nitrogens with two attached hydrogens (primary N) is 1. The molecule has 0 aliphatic rings. The highest BCUT2D eigenvalue weighted by Gasteiger charge is 2.11. The van der Waals surface area contributed by atoms with Gasteiger partial charge in [0.1, 0.15) is 18.1 Å². The third-order valence-corrected chi connectivity index (χ3v) is 2.46. The Hall–Kier alpha value is -2.24. The summed E-state index contributed by atoms with van der Waals surface area (Å²) in [6.45, 7) is 4.14. The zero-order valence-corrected chi connectivity index (χ0v) is 10.4. The molecule has 94 valence electrons. The van der Waals surface area contributed by atoms with Crippen LogP contribution in [0.1, 0.15) is 25.6 Å². The standard InChI is InChI=1S/C12H15N5O/c1-8(2)11-14-4-3-9(16-11)12-15-5-6-17(12)7-10(13)18/h3-6,8H,7H2,1-2H3,(H2,13,18). The van der Waals surface area contributed by atoms with Crippen molar-refractivity contribution in [2.75, 3.05) is 0 Å². The van der Waals surface area contributed by atoms with E-state index in [1.807, 2.05) is 13.8 Å². The number of aromatic nitrogens is 4. The van der Waals surface area contributed by atoms with Crippen molar-refractivity contribution in [1.29, 1.82) is 0 Å². The number of amides is 1. The van der Waals surface area contributed by atoms with Crippen molar-refractivity contribution in [3.63, 3.8) is 0 Å². The molecule has 2 aromatic rings. The predicted molar refractivity (Wildman–Crippen MR) is 66.5 cm³/mol. The fraction of sp³-hybridized carbons (Fsp3) is 0.333. The van der Waals surface area contributed by atoms with E-state index in [1.54, 1.807) is 29.2 Å². The Kier molecular flexibility index (Phi) is 3.36. The molecule has 6 nitrogen and oxygen atoms in total. The molecule has 2 heterocycles. The molecule has 0 unspecified atom stereocenters. The molecular weight excluding hydrogens is 230 g/mol. The summed E-state index contributed by atoms with van der Waals surface area (Å²) in [5.41, 5.74) is 5.88. The van der Waals surface area contributed by atoms with Crippen molar-refractivity contribution < 1.29 is 4.79 Å². The summed E-state index contributed by atoms with van der Waals surface area (Å²) in [7, 11) is 0. The average Bonchev–Trinajstić information content (AvgIpc) is 2.76. The maximum Gasteiger partial charge on any atom is 0.237 e. The Balaban J connectivity index is 2.39. The van der Waals surface area contributed by atoms with Crippen LogP contribution in [-0.4, -0.2) is 25.4 Å². The lowest BCUT2D eigenvalue weighted by atomic mass is 10.2. The predicted octanol–water partition coefficient (Wildman–Crippen LogP) is 0.949. The van der Waals surface area contributed by atoms with Gasteiger partial charge in [-0.1, -0.05) is 13.8 Å². The molecule has 0 spiro atoms. The molecule has 0 aliphatic carbocycles. The number of hydrogen-bond acceptors (Lipinski definition) is 4. The summed E-state index contributed by atoms with van der Waals surface area (Å²) in [5.74, 6) is 1.20. The molecule has 6 heteroatoms. The minimum atomic E-state index is -0.410. The summed E-state index contributed by atoms with van der Waals surface area (Å²) in [6, 6.07) is 1.77. The molecule has 0 aromatic carbocycles. The smallest absolute Gasteiger partial charge is 0.237 e. The quantitative estimate of drug-likeness (QED) is 0.868. The van der Waals surface area contributed by atoms with E-state index in [2.05, 4.69) is 15.0 Å². The average molecular weight is 245 g/mol. The second kappa shape index (κ2) is 4.95. The van der Waals surface area contributed by atoms with Gasteiger partial charge in [-0.3, -0.25) is 4.79 Å². The van der Waals surface area contributed by atoms with E-state index in [-0.39, 0.29) is 12.5 Å². The van der Waals surface area contributed by atoms with E-state index in [9.17, 15) is 4.79 Å². The van der Waals surface area contributed by atoms with Gasteiger partial charge in [0.15, 0.2) is 5.82 Å². The van der Waals surface area contributed by atoms with Crippen molar-refractivity contribution in [3.05, 3.63) is 30.5 Å². The van der Waals surface area contributed by atoms with E-state index in [4.69, 9.17) is 5.73 Å². The molecule has 0 atom stereocenters. The first-order valence-corrected chi connectivity index (χ1v) is 5.70. The van der Waals surface area contributed by atoms with Crippen LogP contribution >= 0.6 is 0 Å². The Morgan fingerprint density at radius 1 is 1.39 bits per heavy atom. The molecule has 2 N–H and O–H groups in total. The largest absolute Gasteiger partial charge is 0.368 e. The van der Waals surface area contributed by atoms with Gasteiger partial charge in [-0.05, 0) is 6.07 Å². The van der Waals surface area contributed by atoms with Gasteiger partial charge < -0.3 is 10.3 Å². The number of carbonyl (C=O) groups is 1. The topological polar surface area (TPSA) is 86.7 Å². The Bertz CT molecular complexity index is 561. The molecule has 18 heavy (non-hydrogen) atoms. The molecule has 0 bridgehead atoms. The number of imidazole rings is 1. The number of nitrogens with zero attached hydrogens (tertiary/aromatic N) is 4. The van der Waals surface area contributed by atoms with Gasteiger partial charge in [-0.2, -0.15) is 0 Å². The maximum atomic E-state index is 11.0. The third kappa shape index (κ3) is 2.53. The van der Waals surface area contributed by atoms with Crippen molar-refractivity contribution in [1.82, 2.24) is 19.5 Å². The minimum Gasteiger partial charge on any atom is -0.368 e. The van der Waals surface area contributed by atoms with Crippen LogP contribution in [0.3, 0.4) is 0 Å². The first kappa shape index (κ1) is 12.2. The minimum absolute atomic E-state index is 0.0936. The monoisotopic (exact) mass is 245 g/mol. The highest BCUT2D eigenvalue weighted by Crippen LogP contribution is 2.17. The Labute approximate surface area is 105 Å². The van der Waals surface area contributed by atoms with E-state index in [0.717, 1.165) is 5.82 Å². The van der Waals surface area contributed by atoms with Crippen LogP contribution in [0.4, 0.5) is 0 Å². The molecule has 0 saturated carbocycles. The normalized spacial score (nSPS) is 10.8. The summed E-state index contributed by atoms with van der Waals surface area (Å²) in [4.78, 5) is 23.8. The van der Waals surface area contributed by atoms with Crippen LogP contribution in [0.2, 0.25) is 0 Å². The lowest BCUT2D eigenvalue weighted by Crippen LogP contribution is -2.19. The van der Waals surface area contributed by atoms with Crippen LogP contribution in [-0.2, 0) is 11.3 Å². The number of rotatable bonds is 4. The lowest BCUT2D eigenvalue weighted by molar-refractivity contribution is -0.118. The molecule has 0 aliphatic heterocycles. The van der Waals surface area contributed by atoms with Gasteiger partial charge in [-0.25, -0.2) is 15.0 Å². The SMILES string of the molecule is CC(C)c1nccc(-c2nccn2CC(N)=O)n1. The van der Waals surface area contributed by atoms with Crippen LogP contribution in [0, 0.1) is 0 Å². The molecule has 2 rings (SSSR count). The van der Waals surface area contributed by atoms with Gasteiger partial charge in [0.2, 0.25) is 5.91 Å². The van der Waals surface area contributed by atoms with Crippen LogP contribution in [0.15, 0.2) is 24.7 Å². The first-order chi connectivity index (χ1) is 8.58. The van der Waals surface area contributed by atoms with E-state index in [0.29, 0.717) is 11.5 Å². The maximum absolute atomic E-state index is 11.0. The summed E-state index contributed by atoms with van der Waals surface area (Å²) in [5, 5.41) is 0. The molecular formula is C12H15N5O. The molecule has 1 amide bonds. The number of hydrogen-bond donors (Lipinski definition) is 1. The van der Waals surface area contributed by atoms with Crippen molar-refractivity contribution in [2.24, 2.45) is 5.73 Å². The van der Waals surface area contributed by atoms with Crippen LogP contribution < -0.4 is 5.73 Å². The van der Waals surface area contributed by atoms with Crippen molar-refractivity contribution >= 4 is 5.91 Å². The fourth-order valence-electron chi connectivity index (χ4n) is 1.61. The molecule has 0 fully saturated rings. The molecule has 0 radical (unpaired) electrons. The molecule has 0 saturated heterocycles. The highest BCUT2D eigenvalue weighted by molar-refractivity contribution is 5.74. The molecule has 2 aromatic heterocycles. The summed E-state index contributed by atoms with van der Waals surface area (Å²) >= 11 is 0. The Morgan fingerprint density at radius 3 is 2.83 bits per heavy atom. The zero-order valence-electron chi connectivity index (χ0n) is 10.4. The lowest BCUT2D eigenvalue weighted by Gasteiger charge is -2.07. The zero-order chi connectivity index (χ0) is 13.1. The second-order valence-electron chi connectivity index (χ2n) is 4.30.